The molecule has 13 heteroatoms. The lowest BCUT2D eigenvalue weighted by molar-refractivity contribution is -0.0503. The molecule has 0 unspecified atom stereocenters. The van der Waals surface area contributed by atoms with E-state index in [1.165, 1.54) is 22.5 Å². The minimum atomic E-state index is -2.64. The number of benzene rings is 2. The van der Waals surface area contributed by atoms with Crippen molar-refractivity contribution in [2.24, 2.45) is 14.1 Å². The molecule has 0 bridgehead atoms. The third-order valence-electron chi connectivity index (χ3n) is 10.9. The minimum absolute atomic E-state index is 0. The van der Waals surface area contributed by atoms with Crippen molar-refractivity contribution >= 4 is 46.0 Å². The minimum Gasteiger partial charge on any atom is -0.347 e. The van der Waals surface area contributed by atoms with E-state index in [-0.39, 0.29) is 76.1 Å². The number of carbonyl (C=O) groups is 2. The molecule has 0 radical (unpaired) electrons. The van der Waals surface area contributed by atoms with Crippen molar-refractivity contribution < 1.29 is 27.2 Å². The van der Waals surface area contributed by atoms with Gasteiger partial charge in [0.05, 0.1) is 0 Å². The Hall–Kier alpha value is -3.61. The summed E-state index contributed by atoms with van der Waals surface area (Å²) in [6.45, 7) is 4.17. The van der Waals surface area contributed by atoms with Crippen LogP contribution in [-0.4, -0.2) is 93.8 Å². The van der Waals surface area contributed by atoms with Gasteiger partial charge in [-0.2, -0.15) is 0 Å². The van der Waals surface area contributed by atoms with Crippen molar-refractivity contribution in [3.8, 4) is 0 Å². The second-order valence-electron chi connectivity index (χ2n) is 14.1. The Balaban J connectivity index is 0.000000170. The first-order valence-electron chi connectivity index (χ1n) is 17.3. The van der Waals surface area contributed by atoms with Crippen LogP contribution in [0.5, 0.6) is 0 Å². The van der Waals surface area contributed by atoms with Crippen molar-refractivity contribution in [1.29, 1.82) is 0 Å². The number of halogens is 5. The summed E-state index contributed by atoms with van der Waals surface area (Å²) in [6.07, 6.45) is 1.00. The van der Waals surface area contributed by atoms with Crippen LogP contribution in [-0.2, 0) is 40.0 Å². The van der Waals surface area contributed by atoms with Gasteiger partial charge >= 0.3 is 0 Å². The van der Waals surface area contributed by atoms with Gasteiger partial charge in [0, 0.05) is 149 Å². The molecule has 2 amide bonds. The lowest BCUT2D eigenvalue weighted by atomic mass is 10.0. The van der Waals surface area contributed by atoms with Crippen LogP contribution in [0.25, 0.3) is 21.8 Å². The number of alkyl halides is 4. The van der Waals surface area contributed by atoms with Gasteiger partial charge in [-0.1, -0.05) is 0 Å². The van der Waals surface area contributed by atoms with Gasteiger partial charge in [-0.05, 0) is 54.6 Å². The normalized spacial score (nSPS) is 20.1. The van der Waals surface area contributed by atoms with Gasteiger partial charge < -0.3 is 29.2 Å². The molecule has 1 N–H and O–H groups in total. The van der Waals surface area contributed by atoms with E-state index in [2.05, 4.69) is 40.5 Å². The zero-order valence-corrected chi connectivity index (χ0v) is 29.7. The number of nitrogens with zero attached hydrogens (tertiary/aromatic N) is 5. The zero-order chi connectivity index (χ0) is 34.7. The number of aryl methyl sites for hydroxylation is 2. The smallest absolute Gasteiger partial charge is 0.253 e. The Labute approximate surface area is 295 Å². The summed E-state index contributed by atoms with van der Waals surface area (Å²) < 4.78 is 57.7. The molecule has 4 aliphatic heterocycles. The SMILES string of the molecule is CN1CCc2c(c3cc(C(=O)N4CCC(F)(F)CC4)ccc3n2C)C1.Cl.Cn1c2c(c3cc(C(=O)N4CCC(F)(F)CC4)ccc31)CNCC2. The molecule has 4 aromatic rings. The summed E-state index contributed by atoms with van der Waals surface area (Å²) >= 11 is 0. The number of hydrogen-bond acceptors (Lipinski definition) is 4. The Morgan fingerprint density at radius 1 is 0.660 bits per heavy atom. The summed E-state index contributed by atoms with van der Waals surface area (Å²) in [5.41, 5.74) is 8.60. The molecule has 2 aromatic heterocycles. The molecule has 2 fully saturated rings. The number of likely N-dealkylation sites (N-methyl/N-ethyl adjacent to an activating group) is 1. The standard InChI is InChI=1S/C19H23F2N3O.C18H21F2N3O.ClH/c1-22-8-5-17-15(12-22)14-11-13(3-4-16(14)23(17)2)18(25)24-9-6-19(20,21)7-10-24;1-22-15-3-2-12(10-13(15)14-11-21-7-4-16(14)22)17(24)23-8-5-18(19,20)6-9-23;/h3-4,11H,5-10,12H2,1-2H3;2-3,10,21H,4-9,11H2,1H3;1H. The monoisotopic (exact) mass is 716 g/mol. The molecule has 270 valence electrons. The third kappa shape index (κ3) is 6.86. The van der Waals surface area contributed by atoms with E-state index >= 15 is 0 Å². The van der Waals surface area contributed by atoms with Crippen LogP contribution in [0.15, 0.2) is 36.4 Å². The average molecular weight is 717 g/mol. The summed E-state index contributed by atoms with van der Waals surface area (Å²) in [4.78, 5) is 30.8. The highest BCUT2D eigenvalue weighted by Gasteiger charge is 2.37. The van der Waals surface area contributed by atoms with Crippen molar-refractivity contribution in [3.05, 3.63) is 70.0 Å². The molecule has 2 saturated heterocycles. The number of nitrogens with one attached hydrogen (secondary N) is 1. The highest BCUT2D eigenvalue weighted by molar-refractivity contribution is 6.00. The molecule has 0 aliphatic carbocycles. The van der Waals surface area contributed by atoms with Gasteiger partial charge in [0.25, 0.3) is 23.7 Å². The molecule has 0 spiro atoms. The summed E-state index contributed by atoms with van der Waals surface area (Å²) in [5.74, 6) is -5.55. The van der Waals surface area contributed by atoms with Crippen LogP contribution in [0.1, 0.15) is 68.9 Å². The fourth-order valence-electron chi connectivity index (χ4n) is 7.93. The van der Waals surface area contributed by atoms with E-state index in [0.717, 1.165) is 60.8 Å². The zero-order valence-electron chi connectivity index (χ0n) is 28.8. The molecule has 50 heavy (non-hydrogen) atoms. The van der Waals surface area contributed by atoms with Gasteiger partial charge in [0.1, 0.15) is 0 Å². The largest absolute Gasteiger partial charge is 0.347 e. The maximum Gasteiger partial charge on any atom is 0.253 e. The fraction of sp³-hybridized carbons (Fsp3) is 0.514. The number of carbonyl (C=O) groups excluding carboxylic acids is 2. The fourth-order valence-corrected chi connectivity index (χ4v) is 7.93. The Morgan fingerprint density at radius 2 is 1.12 bits per heavy atom. The van der Waals surface area contributed by atoms with Crippen LogP contribution < -0.4 is 5.32 Å². The first-order valence-corrected chi connectivity index (χ1v) is 17.3. The van der Waals surface area contributed by atoms with E-state index in [0.29, 0.717) is 11.1 Å². The summed E-state index contributed by atoms with van der Waals surface area (Å²) in [6, 6.07) is 11.5. The molecule has 8 rings (SSSR count). The maximum absolute atomic E-state index is 13.3. The number of rotatable bonds is 2. The van der Waals surface area contributed by atoms with E-state index in [1.807, 2.05) is 36.4 Å². The lowest BCUT2D eigenvalue weighted by Gasteiger charge is -2.31. The van der Waals surface area contributed by atoms with E-state index in [4.69, 9.17) is 0 Å². The molecule has 8 nitrogen and oxygen atoms in total. The molecule has 6 heterocycles. The average Bonchev–Trinajstić information content (AvgIpc) is 3.53. The molecule has 2 aromatic carbocycles. The van der Waals surface area contributed by atoms with Crippen LogP contribution >= 0.6 is 12.4 Å². The van der Waals surface area contributed by atoms with Gasteiger partial charge in [0.2, 0.25) is 0 Å². The first-order chi connectivity index (χ1) is 23.3. The van der Waals surface area contributed by atoms with Crippen molar-refractivity contribution in [3.63, 3.8) is 0 Å². The summed E-state index contributed by atoms with van der Waals surface area (Å²) in [5, 5.41) is 5.57. The topological polar surface area (TPSA) is 65.8 Å². The molecule has 4 aliphatic rings. The summed E-state index contributed by atoms with van der Waals surface area (Å²) in [7, 11) is 6.23. The van der Waals surface area contributed by atoms with Gasteiger partial charge in [-0.15, -0.1) is 12.4 Å². The number of hydrogen-bond donors (Lipinski definition) is 1. The number of amides is 2. The van der Waals surface area contributed by atoms with Crippen molar-refractivity contribution in [2.75, 3.05) is 46.3 Å². The van der Waals surface area contributed by atoms with Crippen molar-refractivity contribution in [2.45, 2.75) is 63.5 Å². The lowest BCUT2D eigenvalue weighted by Crippen LogP contribution is -2.42. The van der Waals surface area contributed by atoms with Crippen LogP contribution in [0, 0.1) is 0 Å². The van der Waals surface area contributed by atoms with Gasteiger partial charge in [0.15, 0.2) is 0 Å². The Kier molecular flexibility index (Phi) is 10.0. The highest BCUT2D eigenvalue weighted by Crippen LogP contribution is 2.33. The van der Waals surface area contributed by atoms with Gasteiger partial charge in [-0.3, -0.25) is 9.59 Å². The van der Waals surface area contributed by atoms with Crippen LogP contribution in [0.4, 0.5) is 17.6 Å². The third-order valence-corrected chi connectivity index (χ3v) is 10.9. The predicted octanol–water partition coefficient (Wildman–Crippen LogP) is 6.15. The highest BCUT2D eigenvalue weighted by atomic mass is 35.5. The number of likely N-dealkylation sites (tertiary alicyclic amines) is 2. The molecular formula is C37H45ClF4N6O2. The van der Waals surface area contributed by atoms with Crippen LogP contribution in [0.3, 0.4) is 0 Å². The van der Waals surface area contributed by atoms with E-state index in [9.17, 15) is 27.2 Å². The predicted molar refractivity (Wildman–Crippen MR) is 189 cm³/mol. The van der Waals surface area contributed by atoms with Gasteiger partial charge in [-0.25, -0.2) is 17.6 Å². The molecule has 0 atom stereocenters. The second kappa shape index (κ2) is 13.8. The molecule has 0 saturated carbocycles. The number of aromatic nitrogens is 2. The second-order valence-corrected chi connectivity index (χ2v) is 14.1. The number of fused-ring (bicyclic) bond motifs is 6. The van der Waals surface area contributed by atoms with Crippen molar-refractivity contribution in [1.82, 2.24) is 29.2 Å². The first kappa shape index (κ1) is 36.2. The van der Waals surface area contributed by atoms with E-state index < -0.39 is 11.8 Å². The number of piperidine rings is 2. The quantitative estimate of drug-likeness (QED) is 0.253. The van der Waals surface area contributed by atoms with E-state index in [1.54, 1.807) is 9.80 Å². The molecular weight excluding hydrogens is 672 g/mol. The Bertz CT molecular complexity index is 1920. The maximum atomic E-state index is 13.3. The Morgan fingerprint density at radius 3 is 1.62 bits per heavy atom. The van der Waals surface area contributed by atoms with Crippen LogP contribution in [0.2, 0.25) is 0 Å².